The molecule has 24 heavy (non-hydrogen) atoms. The molecule has 0 aromatic heterocycles. The highest BCUT2D eigenvalue weighted by Gasteiger charge is 2.38. The molecule has 0 bridgehead atoms. The van der Waals surface area contributed by atoms with Crippen molar-refractivity contribution in [3.05, 3.63) is 35.9 Å². The summed E-state index contributed by atoms with van der Waals surface area (Å²) in [6.45, 7) is 10.6. The van der Waals surface area contributed by atoms with Crippen molar-refractivity contribution in [2.45, 2.75) is 52.7 Å². The molecule has 0 saturated carbocycles. The summed E-state index contributed by atoms with van der Waals surface area (Å²) >= 11 is 0. The highest BCUT2D eigenvalue weighted by molar-refractivity contribution is 7.49. The van der Waals surface area contributed by atoms with Gasteiger partial charge in [-0.05, 0) is 65.3 Å². The summed E-state index contributed by atoms with van der Waals surface area (Å²) in [6, 6.07) is 6.44. The molecule has 0 heterocycles. The summed E-state index contributed by atoms with van der Waals surface area (Å²) in [5.74, 6) is -0.726. The first-order valence-corrected chi connectivity index (χ1v) is 8.96. The molecule has 1 aromatic rings. The van der Waals surface area contributed by atoms with Crippen molar-refractivity contribution in [2.75, 3.05) is 0 Å². The molecule has 0 aliphatic heterocycles. The van der Waals surface area contributed by atoms with Crippen LogP contribution in [0.2, 0.25) is 0 Å². The van der Waals surface area contributed by atoms with Gasteiger partial charge in [-0.2, -0.15) is 0 Å². The summed E-state index contributed by atoms with van der Waals surface area (Å²) < 4.78 is 29.5. The minimum Gasteiger partial charge on any atom is -0.478 e. The van der Waals surface area contributed by atoms with E-state index in [1.807, 2.05) is 0 Å². The van der Waals surface area contributed by atoms with Gasteiger partial charge in [0.2, 0.25) is 0 Å². The van der Waals surface area contributed by atoms with E-state index in [-0.39, 0.29) is 0 Å². The topological polar surface area (TPSA) is 82.1 Å². The Kier molecular flexibility index (Phi) is 6.39. The Labute approximate surface area is 143 Å². The Bertz CT molecular complexity index is 615. The number of aliphatic carboxylic acids is 1. The van der Waals surface area contributed by atoms with Crippen LogP contribution in [0.15, 0.2) is 30.3 Å². The fourth-order valence-corrected chi connectivity index (χ4v) is 3.50. The Balaban J connectivity index is 2.98. The van der Waals surface area contributed by atoms with Crippen LogP contribution in [0.4, 0.5) is 0 Å². The molecule has 0 aliphatic rings. The van der Waals surface area contributed by atoms with Crippen LogP contribution in [-0.2, 0) is 18.4 Å². The van der Waals surface area contributed by atoms with Gasteiger partial charge in [0, 0.05) is 6.08 Å². The van der Waals surface area contributed by atoms with E-state index in [1.165, 1.54) is 6.08 Å². The second-order valence-electron chi connectivity index (χ2n) is 7.19. The van der Waals surface area contributed by atoms with E-state index in [0.717, 1.165) is 6.08 Å². The Morgan fingerprint density at radius 2 is 1.46 bits per heavy atom. The lowest BCUT2D eigenvalue weighted by atomic mass is 10.2. The van der Waals surface area contributed by atoms with E-state index >= 15 is 0 Å². The number of phosphoric acid groups is 1. The maximum atomic E-state index is 13.0. The molecule has 1 rings (SSSR count). The number of phosphoric ester groups is 1. The average Bonchev–Trinajstić information content (AvgIpc) is 2.32. The molecule has 0 saturated heterocycles. The first-order valence-electron chi connectivity index (χ1n) is 7.50. The van der Waals surface area contributed by atoms with Crippen LogP contribution in [0.5, 0.6) is 5.75 Å². The fraction of sp³-hybridized carbons (Fsp3) is 0.471. The van der Waals surface area contributed by atoms with Crippen molar-refractivity contribution >= 4 is 19.9 Å². The van der Waals surface area contributed by atoms with Crippen LogP contribution in [0.1, 0.15) is 47.1 Å². The largest absolute Gasteiger partial charge is 0.531 e. The third kappa shape index (κ3) is 8.29. The van der Waals surface area contributed by atoms with E-state index in [2.05, 4.69) is 0 Å². The number of carboxylic acids is 1. The first kappa shape index (κ1) is 20.4. The van der Waals surface area contributed by atoms with Crippen molar-refractivity contribution in [1.82, 2.24) is 0 Å². The van der Waals surface area contributed by atoms with Crippen LogP contribution in [0.25, 0.3) is 6.08 Å². The second kappa shape index (κ2) is 7.51. The lowest BCUT2D eigenvalue weighted by Crippen LogP contribution is -2.25. The van der Waals surface area contributed by atoms with Gasteiger partial charge >= 0.3 is 13.8 Å². The van der Waals surface area contributed by atoms with Gasteiger partial charge in [0.15, 0.2) is 0 Å². The van der Waals surface area contributed by atoms with Crippen molar-refractivity contribution < 1.29 is 28.0 Å². The molecule has 1 N–H and O–H groups in total. The molecule has 1 aromatic carbocycles. The smallest absolute Gasteiger partial charge is 0.478 e. The third-order valence-electron chi connectivity index (χ3n) is 2.29. The van der Waals surface area contributed by atoms with Crippen LogP contribution < -0.4 is 4.52 Å². The zero-order valence-electron chi connectivity index (χ0n) is 14.9. The Morgan fingerprint density at radius 1 is 1.00 bits per heavy atom. The van der Waals surface area contributed by atoms with Crippen LogP contribution in [-0.4, -0.2) is 22.3 Å². The number of hydrogen-bond donors (Lipinski definition) is 1. The molecule has 7 heteroatoms. The number of hydrogen-bond acceptors (Lipinski definition) is 5. The van der Waals surface area contributed by atoms with Crippen molar-refractivity contribution in [3.63, 3.8) is 0 Å². The third-order valence-corrected chi connectivity index (χ3v) is 4.26. The van der Waals surface area contributed by atoms with Gasteiger partial charge in [0.05, 0.1) is 11.2 Å². The molecule has 0 aliphatic carbocycles. The molecule has 0 radical (unpaired) electrons. The lowest BCUT2D eigenvalue weighted by molar-refractivity contribution is -0.131. The fourth-order valence-electron chi connectivity index (χ4n) is 1.66. The maximum Gasteiger partial charge on any atom is 0.531 e. The normalized spacial score (nSPS) is 13.2. The van der Waals surface area contributed by atoms with Gasteiger partial charge < -0.3 is 9.63 Å². The van der Waals surface area contributed by atoms with Crippen molar-refractivity contribution in [1.29, 1.82) is 0 Å². The monoisotopic (exact) mass is 356 g/mol. The van der Waals surface area contributed by atoms with Gasteiger partial charge in [-0.1, -0.05) is 12.1 Å². The zero-order valence-corrected chi connectivity index (χ0v) is 15.8. The molecule has 0 unspecified atom stereocenters. The molecule has 134 valence electrons. The number of benzene rings is 1. The summed E-state index contributed by atoms with van der Waals surface area (Å²) in [7, 11) is -3.84. The maximum absolute atomic E-state index is 13.0. The van der Waals surface area contributed by atoms with Crippen LogP contribution >= 0.6 is 7.82 Å². The SMILES string of the molecule is CC(C)(C)OP(=O)(Oc1ccc(/C=C/C(=O)O)cc1)OC(C)(C)C. The van der Waals surface area contributed by atoms with E-state index in [9.17, 15) is 9.36 Å². The van der Waals surface area contributed by atoms with E-state index in [1.54, 1.807) is 65.8 Å². The second-order valence-corrected chi connectivity index (χ2v) is 8.63. The lowest BCUT2D eigenvalue weighted by Gasteiger charge is -2.30. The summed E-state index contributed by atoms with van der Waals surface area (Å²) in [5, 5.41) is 8.62. The standard InChI is InChI=1S/C17H25O6P/c1-16(2,3)22-24(20,23-17(4,5)6)21-14-10-7-13(8-11-14)9-12-15(18)19/h7-12H,1-6H3,(H,18,19)/b12-9+. The minimum absolute atomic E-state index is 0.305. The Hall–Kier alpha value is -1.62. The number of carboxylic acid groups (broad SMARTS) is 1. The average molecular weight is 356 g/mol. The van der Waals surface area contributed by atoms with Crippen molar-refractivity contribution in [2.24, 2.45) is 0 Å². The van der Waals surface area contributed by atoms with Gasteiger partial charge in [0.1, 0.15) is 5.75 Å². The predicted octanol–water partition coefficient (Wildman–Crippen LogP) is 4.90. The summed E-state index contributed by atoms with van der Waals surface area (Å²) in [5.41, 5.74) is -0.761. The highest BCUT2D eigenvalue weighted by Crippen LogP contribution is 2.55. The van der Waals surface area contributed by atoms with Crippen LogP contribution in [0, 0.1) is 0 Å². The zero-order chi connectivity index (χ0) is 18.6. The molecule has 0 amide bonds. The van der Waals surface area contributed by atoms with E-state index in [4.69, 9.17) is 18.7 Å². The quantitative estimate of drug-likeness (QED) is 0.576. The Morgan fingerprint density at radius 3 is 1.83 bits per heavy atom. The minimum atomic E-state index is -3.84. The molecular formula is C17H25O6P. The van der Waals surface area contributed by atoms with Gasteiger partial charge in [-0.3, -0.25) is 9.05 Å². The van der Waals surface area contributed by atoms with Gasteiger partial charge in [-0.25, -0.2) is 9.36 Å². The predicted molar refractivity (Wildman–Crippen MR) is 93.0 cm³/mol. The van der Waals surface area contributed by atoms with E-state index < -0.39 is 25.0 Å². The van der Waals surface area contributed by atoms with Crippen LogP contribution in [0.3, 0.4) is 0 Å². The molecule has 0 spiro atoms. The van der Waals surface area contributed by atoms with Crippen molar-refractivity contribution in [3.8, 4) is 5.75 Å². The number of carbonyl (C=O) groups is 1. The summed E-state index contributed by atoms with van der Waals surface area (Å²) in [4.78, 5) is 10.5. The molecule has 6 nitrogen and oxygen atoms in total. The summed E-state index contributed by atoms with van der Waals surface area (Å²) in [6.07, 6.45) is 2.48. The van der Waals surface area contributed by atoms with Gasteiger partial charge in [0.25, 0.3) is 0 Å². The number of rotatable bonds is 6. The van der Waals surface area contributed by atoms with E-state index in [0.29, 0.717) is 11.3 Å². The molecular weight excluding hydrogens is 331 g/mol. The molecule has 0 fully saturated rings. The molecule has 0 atom stereocenters. The first-order chi connectivity index (χ1) is 10.8. The highest BCUT2D eigenvalue weighted by atomic mass is 31.2. The van der Waals surface area contributed by atoms with Gasteiger partial charge in [-0.15, -0.1) is 0 Å².